The second-order valence-electron chi connectivity index (χ2n) is 6.20. The van der Waals surface area contributed by atoms with Crippen LogP contribution < -0.4 is 18.9 Å². The lowest BCUT2D eigenvalue weighted by molar-refractivity contribution is 0.386. The first-order valence-corrected chi connectivity index (χ1v) is 9.59. The van der Waals surface area contributed by atoms with E-state index in [1.807, 2.05) is 48.5 Å². The zero-order chi connectivity index (χ0) is 20.1. The summed E-state index contributed by atoms with van der Waals surface area (Å²) in [6.07, 6.45) is 0. The van der Waals surface area contributed by atoms with Crippen molar-refractivity contribution in [3.05, 3.63) is 81.8 Å². The lowest BCUT2D eigenvalue weighted by atomic mass is 9.84. The number of benzene rings is 3. The number of hydrogen-bond acceptors (Lipinski definition) is 4. The fourth-order valence-corrected chi connectivity index (χ4v) is 3.74. The van der Waals surface area contributed by atoms with Crippen molar-refractivity contribution in [2.45, 2.75) is 5.92 Å². The summed E-state index contributed by atoms with van der Waals surface area (Å²) in [6.45, 7) is 0. The highest BCUT2D eigenvalue weighted by Crippen LogP contribution is 2.43. The molecule has 0 atom stereocenters. The van der Waals surface area contributed by atoms with E-state index in [1.54, 1.807) is 28.4 Å². The molecular formula is C23H23BrO4. The molecule has 0 spiro atoms. The molecule has 0 heterocycles. The van der Waals surface area contributed by atoms with Crippen molar-refractivity contribution in [3.8, 4) is 23.0 Å². The van der Waals surface area contributed by atoms with E-state index in [-0.39, 0.29) is 5.92 Å². The van der Waals surface area contributed by atoms with Gasteiger partial charge >= 0.3 is 0 Å². The molecule has 0 aromatic heterocycles. The molecule has 0 bridgehead atoms. The molecule has 146 valence electrons. The van der Waals surface area contributed by atoms with Crippen LogP contribution in [0.3, 0.4) is 0 Å². The minimum absolute atomic E-state index is 0.0980. The maximum Gasteiger partial charge on any atom is 0.126 e. The molecule has 0 aliphatic carbocycles. The van der Waals surface area contributed by atoms with E-state index in [0.717, 1.165) is 44.2 Å². The number of halogens is 1. The Balaban J connectivity index is 2.26. The van der Waals surface area contributed by atoms with Gasteiger partial charge in [-0.05, 0) is 29.8 Å². The first kappa shape index (κ1) is 20.1. The molecule has 0 N–H and O–H groups in total. The van der Waals surface area contributed by atoms with Gasteiger partial charge in [-0.3, -0.25) is 0 Å². The Labute approximate surface area is 174 Å². The zero-order valence-corrected chi connectivity index (χ0v) is 17.9. The van der Waals surface area contributed by atoms with Crippen LogP contribution in [0.25, 0.3) is 0 Å². The van der Waals surface area contributed by atoms with Crippen LogP contribution in [0.4, 0.5) is 0 Å². The van der Waals surface area contributed by atoms with Crippen LogP contribution in [0.15, 0.2) is 65.1 Å². The summed E-state index contributed by atoms with van der Waals surface area (Å²) in [5.74, 6) is 2.90. The third-order valence-electron chi connectivity index (χ3n) is 4.69. The van der Waals surface area contributed by atoms with Crippen molar-refractivity contribution in [1.29, 1.82) is 0 Å². The molecule has 0 saturated heterocycles. The Morgan fingerprint density at radius 3 is 1.61 bits per heavy atom. The maximum absolute atomic E-state index is 5.70. The molecule has 4 nitrogen and oxygen atoms in total. The van der Waals surface area contributed by atoms with E-state index in [2.05, 4.69) is 28.1 Å². The monoisotopic (exact) mass is 442 g/mol. The second kappa shape index (κ2) is 9.02. The quantitative estimate of drug-likeness (QED) is 0.442. The molecule has 3 rings (SSSR count). The summed E-state index contributed by atoms with van der Waals surface area (Å²) in [7, 11) is 6.63. The first-order chi connectivity index (χ1) is 13.6. The molecule has 0 aliphatic rings. The Kier molecular flexibility index (Phi) is 6.47. The van der Waals surface area contributed by atoms with Gasteiger partial charge in [-0.15, -0.1) is 0 Å². The summed E-state index contributed by atoms with van der Waals surface area (Å²) >= 11 is 3.59. The van der Waals surface area contributed by atoms with Gasteiger partial charge in [-0.2, -0.15) is 0 Å². The predicted molar refractivity (Wildman–Crippen MR) is 114 cm³/mol. The van der Waals surface area contributed by atoms with Crippen LogP contribution in [-0.4, -0.2) is 28.4 Å². The Hall–Kier alpha value is -2.66. The highest BCUT2D eigenvalue weighted by atomic mass is 79.9. The van der Waals surface area contributed by atoms with Crippen molar-refractivity contribution >= 4 is 15.9 Å². The van der Waals surface area contributed by atoms with Gasteiger partial charge in [0.1, 0.15) is 23.0 Å². The summed E-state index contributed by atoms with van der Waals surface area (Å²) in [5, 5.41) is 0. The van der Waals surface area contributed by atoms with Crippen molar-refractivity contribution < 1.29 is 18.9 Å². The van der Waals surface area contributed by atoms with Gasteiger partial charge in [0, 0.05) is 33.7 Å². The molecule has 0 unspecified atom stereocenters. The lowest BCUT2D eigenvalue weighted by Crippen LogP contribution is -2.08. The molecule has 0 saturated carbocycles. The number of ether oxygens (including phenoxy) is 4. The van der Waals surface area contributed by atoms with Crippen LogP contribution >= 0.6 is 15.9 Å². The summed E-state index contributed by atoms with van der Waals surface area (Å²) in [4.78, 5) is 0. The Bertz CT molecular complexity index is 900. The maximum atomic E-state index is 5.70. The number of methoxy groups -OCH3 is 4. The van der Waals surface area contributed by atoms with E-state index in [1.165, 1.54) is 0 Å². The Morgan fingerprint density at radius 2 is 1.18 bits per heavy atom. The fourth-order valence-electron chi connectivity index (χ4n) is 3.33. The third-order valence-corrected chi connectivity index (χ3v) is 5.18. The van der Waals surface area contributed by atoms with Crippen molar-refractivity contribution in [1.82, 2.24) is 0 Å². The largest absolute Gasteiger partial charge is 0.497 e. The normalized spacial score (nSPS) is 10.6. The van der Waals surface area contributed by atoms with Crippen molar-refractivity contribution in [2.24, 2.45) is 0 Å². The number of hydrogen-bond donors (Lipinski definition) is 0. The average molecular weight is 443 g/mol. The molecule has 3 aromatic rings. The minimum atomic E-state index is -0.0980. The molecule has 0 aliphatic heterocycles. The summed E-state index contributed by atoms with van der Waals surface area (Å²) < 4.78 is 23.2. The van der Waals surface area contributed by atoms with Gasteiger partial charge in [-0.25, -0.2) is 0 Å². The SMILES string of the molecule is COc1ccc(C(c2cccc(Br)c2)c2ccc(OC)cc2OC)c(OC)c1. The second-order valence-corrected chi connectivity index (χ2v) is 7.12. The molecule has 0 radical (unpaired) electrons. The highest BCUT2D eigenvalue weighted by Gasteiger charge is 2.25. The van der Waals surface area contributed by atoms with Crippen LogP contribution in [-0.2, 0) is 0 Å². The van der Waals surface area contributed by atoms with E-state index >= 15 is 0 Å². The summed E-state index contributed by atoms with van der Waals surface area (Å²) in [6, 6.07) is 20.0. The molecule has 5 heteroatoms. The highest BCUT2D eigenvalue weighted by molar-refractivity contribution is 9.10. The first-order valence-electron chi connectivity index (χ1n) is 8.80. The minimum Gasteiger partial charge on any atom is -0.497 e. The third kappa shape index (κ3) is 4.09. The van der Waals surface area contributed by atoms with Crippen molar-refractivity contribution in [2.75, 3.05) is 28.4 Å². The van der Waals surface area contributed by atoms with Gasteiger partial charge in [0.2, 0.25) is 0 Å². The smallest absolute Gasteiger partial charge is 0.126 e. The van der Waals surface area contributed by atoms with Gasteiger partial charge in [0.05, 0.1) is 28.4 Å². The fraction of sp³-hybridized carbons (Fsp3) is 0.217. The Morgan fingerprint density at radius 1 is 0.643 bits per heavy atom. The van der Waals surface area contributed by atoms with Crippen LogP contribution in [0.5, 0.6) is 23.0 Å². The molecule has 28 heavy (non-hydrogen) atoms. The van der Waals surface area contributed by atoms with E-state index in [9.17, 15) is 0 Å². The predicted octanol–water partition coefficient (Wildman–Crippen LogP) is 5.66. The zero-order valence-electron chi connectivity index (χ0n) is 16.4. The van der Waals surface area contributed by atoms with Gasteiger partial charge in [0.15, 0.2) is 0 Å². The topological polar surface area (TPSA) is 36.9 Å². The molecule has 3 aromatic carbocycles. The summed E-state index contributed by atoms with van der Waals surface area (Å²) in [5.41, 5.74) is 3.15. The molecule has 0 fully saturated rings. The standard InChI is InChI=1S/C23H23BrO4/c1-25-17-8-10-19(21(13-17)27-3)23(15-6-5-7-16(24)12-15)20-11-9-18(26-2)14-22(20)28-4/h5-14,23H,1-4H3. The van der Waals surface area contributed by atoms with E-state index in [0.29, 0.717) is 0 Å². The van der Waals surface area contributed by atoms with Crippen LogP contribution in [0.2, 0.25) is 0 Å². The van der Waals surface area contributed by atoms with Gasteiger partial charge in [0.25, 0.3) is 0 Å². The van der Waals surface area contributed by atoms with E-state index in [4.69, 9.17) is 18.9 Å². The molecule has 0 amide bonds. The van der Waals surface area contributed by atoms with Gasteiger partial charge < -0.3 is 18.9 Å². The van der Waals surface area contributed by atoms with E-state index < -0.39 is 0 Å². The number of rotatable bonds is 7. The van der Waals surface area contributed by atoms with Crippen LogP contribution in [0.1, 0.15) is 22.6 Å². The lowest BCUT2D eigenvalue weighted by Gasteiger charge is -2.24. The van der Waals surface area contributed by atoms with Crippen molar-refractivity contribution in [3.63, 3.8) is 0 Å². The average Bonchev–Trinajstić information content (AvgIpc) is 2.74. The van der Waals surface area contributed by atoms with Crippen LogP contribution in [0, 0.1) is 0 Å². The molecular weight excluding hydrogens is 420 g/mol. The van der Waals surface area contributed by atoms with Gasteiger partial charge in [-0.1, -0.05) is 40.2 Å².